The van der Waals surface area contributed by atoms with Crippen LogP contribution in [0.3, 0.4) is 0 Å². The molecule has 1 N–H and O–H groups in total. The maximum atomic E-state index is 11.5. The lowest BCUT2D eigenvalue weighted by molar-refractivity contribution is 0.133. The van der Waals surface area contributed by atoms with Crippen molar-refractivity contribution in [2.75, 3.05) is 19.7 Å². The van der Waals surface area contributed by atoms with Crippen LogP contribution < -0.4 is 5.32 Å². The molecule has 0 aromatic rings. The van der Waals surface area contributed by atoms with E-state index in [1.54, 1.807) is 0 Å². The lowest BCUT2D eigenvalue weighted by Gasteiger charge is -2.33. The first kappa shape index (κ1) is 9.77. The van der Waals surface area contributed by atoms with Gasteiger partial charge in [0.2, 0.25) is 0 Å². The Morgan fingerprint density at radius 2 is 2.21 bits per heavy atom. The molecule has 0 aromatic carbocycles. The number of amides is 1. The van der Waals surface area contributed by atoms with Crippen molar-refractivity contribution in [2.24, 2.45) is 0 Å². The molecule has 4 heteroatoms. The topological polar surface area (TPSA) is 41.6 Å². The molecule has 0 aliphatic carbocycles. The molecule has 2 rings (SSSR count). The monoisotopic (exact) mass is 198 g/mol. The molecule has 0 saturated carbocycles. The van der Waals surface area contributed by atoms with Gasteiger partial charge in [0.1, 0.15) is 6.61 Å². The summed E-state index contributed by atoms with van der Waals surface area (Å²) >= 11 is 0. The van der Waals surface area contributed by atoms with Crippen molar-refractivity contribution < 1.29 is 9.53 Å². The highest BCUT2D eigenvalue weighted by molar-refractivity contribution is 5.70. The number of cyclic esters (lactones) is 1. The van der Waals surface area contributed by atoms with Crippen LogP contribution in [-0.2, 0) is 4.74 Å². The summed E-state index contributed by atoms with van der Waals surface area (Å²) < 4.78 is 5.09. The molecule has 14 heavy (non-hydrogen) atoms. The van der Waals surface area contributed by atoms with Gasteiger partial charge in [0.15, 0.2) is 0 Å². The molecular weight excluding hydrogens is 180 g/mol. The normalized spacial score (nSPS) is 29.4. The molecule has 0 aromatic heterocycles. The van der Waals surface area contributed by atoms with Gasteiger partial charge in [0.25, 0.3) is 0 Å². The molecule has 4 nitrogen and oxygen atoms in total. The van der Waals surface area contributed by atoms with Gasteiger partial charge in [-0.05, 0) is 32.4 Å². The summed E-state index contributed by atoms with van der Waals surface area (Å²) in [6.07, 6.45) is 3.01. The Bertz CT molecular complexity index is 214. The van der Waals surface area contributed by atoms with Gasteiger partial charge >= 0.3 is 6.09 Å². The summed E-state index contributed by atoms with van der Waals surface area (Å²) in [5, 5.41) is 3.31. The Morgan fingerprint density at radius 3 is 2.86 bits per heavy atom. The van der Waals surface area contributed by atoms with E-state index < -0.39 is 0 Å². The van der Waals surface area contributed by atoms with E-state index in [-0.39, 0.29) is 6.09 Å². The van der Waals surface area contributed by atoms with E-state index in [0.29, 0.717) is 18.7 Å². The fraction of sp³-hybridized carbons (Fsp3) is 0.900. The Morgan fingerprint density at radius 1 is 1.50 bits per heavy atom. The molecule has 2 aliphatic rings. The highest BCUT2D eigenvalue weighted by Crippen LogP contribution is 2.23. The summed E-state index contributed by atoms with van der Waals surface area (Å²) in [6, 6.07) is 0.710. The number of carbonyl (C=O) groups excluding carboxylic acids is 1. The predicted molar refractivity (Wildman–Crippen MR) is 53.2 cm³/mol. The second-order valence-electron chi connectivity index (χ2n) is 4.03. The van der Waals surface area contributed by atoms with Gasteiger partial charge in [-0.25, -0.2) is 4.79 Å². The fourth-order valence-electron chi connectivity index (χ4n) is 2.32. The summed E-state index contributed by atoms with van der Waals surface area (Å²) in [7, 11) is 0. The van der Waals surface area contributed by atoms with Gasteiger partial charge in [0.05, 0.1) is 6.04 Å². The van der Waals surface area contributed by atoms with Crippen molar-refractivity contribution in [1.82, 2.24) is 10.2 Å². The third-order valence-electron chi connectivity index (χ3n) is 3.18. The molecule has 80 valence electrons. The molecule has 0 spiro atoms. The molecule has 2 fully saturated rings. The molecule has 2 saturated heterocycles. The Labute approximate surface area is 84.6 Å². The molecule has 1 atom stereocenters. The summed E-state index contributed by atoms with van der Waals surface area (Å²) in [6.45, 7) is 4.73. The zero-order valence-electron chi connectivity index (χ0n) is 8.66. The van der Waals surface area contributed by atoms with Gasteiger partial charge in [-0.1, -0.05) is 6.92 Å². The number of hydrogen-bond acceptors (Lipinski definition) is 3. The van der Waals surface area contributed by atoms with Crippen molar-refractivity contribution >= 4 is 6.09 Å². The third kappa shape index (κ3) is 1.71. The first-order valence-electron chi connectivity index (χ1n) is 5.48. The standard InChI is InChI=1S/C10H18N2O2/c1-2-8-7-14-10(13)12(8)9-3-5-11-6-4-9/h8-9,11H,2-7H2,1H3/t8-/m0/s1. The Balaban J connectivity index is 2.01. The minimum Gasteiger partial charge on any atom is -0.447 e. The van der Waals surface area contributed by atoms with E-state index in [0.717, 1.165) is 32.4 Å². The predicted octanol–water partition coefficient (Wildman–Crippen LogP) is 0.969. The van der Waals surface area contributed by atoms with Crippen molar-refractivity contribution in [2.45, 2.75) is 38.3 Å². The lowest BCUT2D eigenvalue weighted by Crippen LogP contribution is -2.47. The second kappa shape index (κ2) is 4.17. The molecule has 0 unspecified atom stereocenters. The van der Waals surface area contributed by atoms with E-state index in [1.807, 2.05) is 4.90 Å². The number of piperidine rings is 1. The van der Waals surface area contributed by atoms with Crippen molar-refractivity contribution in [3.63, 3.8) is 0 Å². The minimum absolute atomic E-state index is 0.108. The fourth-order valence-corrected chi connectivity index (χ4v) is 2.32. The van der Waals surface area contributed by atoms with Crippen LogP contribution in [0.5, 0.6) is 0 Å². The maximum Gasteiger partial charge on any atom is 0.410 e. The van der Waals surface area contributed by atoms with Crippen molar-refractivity contribution in [3.8, 4) is 0 Å². The Kier molecular flexibility index (Phi) is 2.91. The zero-order chi connectivity index (χ0) is 9.97. The van der Waals surface area contributed by atoms with Gasteiger partial charge in [-0.3, -0.25) is 4.90 Å². The van der Waals surface area contributed by atoms with E-state index >= 15 is 0 Å². The van der Waals surface area contributed by atoms with Crippen LogP contribution in [0, 0.1) is 0 Å². The first-order chi connectivity index (χ1) is 6.83. The highest BCUT2D eigenvalue weighted by Gasteiger charge is 2.37. The Hall–Kier alpha value is -0.770. The summed E-state index contributed by atoms with van der Waals surface area (Å²) in [5.74, 6) is 0. The largest absolute Gasteiger partial charge is 0.447 e. The summed E-state index contributed by atoms with van der Waals surface area (Å²) in [4.78, 5) is 13.5. The zero-order valence-corrected chi connectivity index (χ0v) is 8.66. The van der Waals surface area contributed by atoms with Crippen molar-refractivity contribution in [1.29, 1.82) is 0 Å². The van der Waals surface area contributed by atoms with E-state index in [9.17, 15) is 4.79 Å². The van der Waals surface area contributed by atoms with Gasteiger partial charge in [-0.15, -0.1) is 0 Å². The number of carbonyl (C=O) groups is 1. The van der Waals surface area contributed by atoms with E-state index in [1.165, 1.54) is 0 Å². The second-order valence-corrected chi connectivity index (χ2v) is 4.03. The van der Waals surface area contributed by atoms with Crippen LogP contribution in [0.1, 0.15) is 26.2 Å². The van der Waals surface area contributed by atoms with Crippen LogP contribution in [0.2, 0.25) is 0 Å². The smallest absolute Gasteiger partial charge is 0.410 e. The van der Waals surface area contributed by atoms with Crippen LogP contribution in [0.4, 0.5) is 4.79 Å². The maximum absolute atomic E-state index is 11.5. The molecule has 2 heterocycles. The first-order valence-corrected chi connectivity index (χ1v) is 5.48. The van der Waals surface area contributed by atoms with Gasteiger partial charge < -0.3 is 10.1 Å². The summed E-state index contributed by atoms with van der Waals surface area (Å²) in [5.41, 5.74) is 0. The van der Waals surface area contributed by atoms with Crippen LogP contribution in [0.15, 0.2) is 0 Å². The van der Waals surface area contributed by atoms with Gasteiger partial charge in [0, 0.05) is 6.04 Å². The van der Waals surface area contributed by atoms with Crippen LogP contribution >= 0.6 is 0 Å². The molecular formula is C10H18N2O2. The molecule has 0 bridgehead atoms. The number of hydrogen-bond donors (Lipinski definition) is 1. The van der Waals surface area contributed by atoms with Gasteiger partial charge in [-0.2, -0.15) is 0 Å². The number of ether oxygens (including phenoxy) is 1. The number of rotatable bonds is 2. The number of nitrogens with zero attached hydrogens (tertiary/aromatic N) is 1. The average molecular weight is 198 g/mol. The molecule has 2 aliphatic heterocycles. The van der Waals surface area contributed by atoms with E-state index in [2.05, 4.69) is 12.2 Å². The molecule has 1 amide bonds. The number of nitrogens with one attached hydrogen (secondary N) is 1. The van der Waals surface area contributed by atoms with Crippen LogP contribution in [0.25, 0.3) is 0 Å². The minimum atomic E-state index is -0.108. The SMILES string of the molecule is CC[C@H]1COC(=O)N1C1CCNCC1. The lowest BCUT2D eigenvalue weighted by atomic mass is 10.0. The van der Waals surface area contributed by atoms with Crippen LogP contribution in [-0.4, -0.2) is 42.8 Å². The van der Waals surface area contributed by atoms with E-state index in [4.69, 9.17) is 4.74 Å². The third-order valence-corrected chi connectivity index (χ3v) is 3.18. The highest BCUT2D eigenvalue weighted by atomic mass is 16.6. The quantitative estimate of drug-likeness (QED) is 0.719. The molecule has 0 radical (unpaired) electrons. The van der Waals surface area contributed by atoms with Crippen molar-refractivity contribution in [3.05, 3.63) is 0 Å². The average Bonchev–Trinajstić information content (AvgIpc) is 2.61.